The van der Waals surface area contributed by atoms with Crippen molar-refractivity contribution in [1.29, 1.82) is 0 Å². The van der Waals surface area contributed by atoms with E-state index in [-0.39, 0.29) is 0 Å². The maximum absolute atomic E-state index is 4.50. The Bertz CT molecular complexity index is 696. The lowest BCUT2D eigenvalue weighted by Gasteiger charge is -2.13. The van der Waals surface area contributed by atoms with Crippen LogP contribution >= 0.6 is 0 Å². The van der Waals surface area contributed by atoms with Crippen LogP contribution in [0.4, 0.5) is 0 Å². The number of fused-ring (bicyclic) bond motifs is 1. The average Bonchev–Trinajstić information content (AvgIpc) is 2.93. The van der Waals surface area contributed by atoms with E-state index < -0.39 is 0 Å². The SMILES string of the molecule is CC(C)c1c(CCc2ccccc2)ccc2[nH]cnc12. The Labute approximate surface area is 119 Å². The predicted molar refractivity (Wildman–Crippen MR) is 84.0 cm³/mol. The van der Waals surface area contributed by atoms with Gasteiger partial charge in [0.15, 0.2) is 0 Å². The standard InChI is InChI=1S/C18H20N2/c1-13(2)17-15(9-8-14-6-4-3-5-7-14)10-11-16-18(17)20-12-19-16/h3-7,10-13H,8-9H2,1-2H3,(H,19,20). The summed E-state index contributed by atoms with van der Waals surface area (Å²) >= 11 is 0. The fourth-order valence-electron chi connectivity index (χ4n) is 2.86. The van der Waals surface area contributed by atoms with Gasteiger partial charge in [0.1, 0.15) is 0 Å². The second-order valence-electron chi connectivity index (χ2n) is 5.58. The minimum absolute atomic E-state index is 0.493. The lowest BCUT2D eigenvalue weighted by Crippen LogP contribution is -2.00. The molecule has 0 aliphatic carbocycles. The summed E-state index contributed by atoms with van der Waals surface area (Å²) in [6, 6.07) is 15.1. The normalized spacial score (nSPS) is 11.3. The molecule has 2 aromatic carbocycles. The Hall–Kier alpha value is -2.09. The molecule has 0 bridgehead atoms. The summed E-state index contributed by atoms with van der Waals surface area (Å²) in [5.41, 5.74) is 6.47. The first-order valence-electron chi connectivity index (χ1n) is 7.24. The Morgan fingerprint density at radius 3 is 2.55 bits per heavy atom. The van der Waals surface area contributed by atoms with Gasteiger partial charge in [0.05, 0.1) is 17.4 Å². The van der Waals surface area contributed by atoms with Gasteiger partial charge in [-0.2, -0.15) is 0 Å². The van der Waals surface area contributed by atoms with Gasteiger partial charge < -0.3 is 4.98 Å². The molecule has 20 heavy (non-hydrogen) atoms. The molecule has 2 nitrogen and oxygen atoms in total. The molecule has 1 N–H and O–H groups in total. The second kappa shape index (κ2) is 5.49. The zero-order valence-electron chi connectivity index (χ0n) is 12.1. The molecule has 3 aromatic rings. The first-order valence-corrected chi connectivity index (χ1v) is 7.24. The van der Waals surface area contributed by atoms with E-state index in [9.17, 15) is 0 Å². The van der Waals surface area contributed by atoms with Crippen LogP contribution in [0.15, 0.2) is 48.8 Å². The van der Waals surface area contributed by atoms with Crippen LogP contribution in [-0.2, 0) is 12.8 Å². The first kappa shape index (κ1) is 12.9. The largest absolute Gasteiger partial charge is 0.345 e. The number of aryl methyl sites for hydroxylation is 2. The quantitative estimate of drug-likeness (QED) is 0.740. The van der Waals surface area contributed by atoms with Gasteiger partial charge in [-0.15, -0.1) is 0 Å². The van der Waals surface area contributed by atoms with E-state index in [1.54, 1.807) is 6.33 Å². The number of hydrogen-bond donors (Lipinski definition) is 1. The molecular formula is C18H20N2. The van der Waals surface area contributed by atoms with Gasteiger partial charge in [-0.1, -0.05) is 50.2 Å². The third kappa shape index (κ3) is 2.46. The highest BCUT2D eigenvalue weighted by Crippen LogP contribution is 2.28. The van der Waals surface area contributed by atoms with Crippen molar-refractivity contribution in [3.63, 3.8) is 0 Å². The highest BCUT2D eigenvalue weighted by Gasteiger charge is 2.12. The number of imidazole rings is 1. The molecule has 0 aliphatic heterocycles. The minimum Gasteiger partial charge on any atom is -0.345 e. The van der Waals surface area contributed by atoms with Gasteiger partial charge in [0, 0.05) is 0 Å². The molecule has 0 saturated carbocycles. The van der Waals surface area contributed by atoms with E-state index in [0.717, 1.165) is 23.9 Å². The Balaban J connectivity index is 1.92. The summed E-state index contributed by atoms with van der Waals surface area (Å²) in [6.45, 7) is 4.49. The van der Waals surface area contributed by atoms with Gasteiger partial charge in [-0.3, -0.25) is 0 Å². The van der Waals surface area contributed by atoms with E-state index in [1.807, 2.05) is 0 Å². The number of benzene rings is 2. The summed E-state index contributed by atoms with van der Waals surface area (Å²) in [4.78, 5) is 7.70. The summed E-state index contributed by atoms with van der Waals surface area (Å²) in [7, 11) is 0. The van der Waals surface area contributed by atoms with Crippen LogP contribution in [0.2, 0.25) is 0 Å². The van der Waals surface area contributed by atoms with Crippen molar-refractivity contribution in [2.45, 2.75) is 32.6 Å². The number of rotatable bonds is 4. The molecule has 2 heteroatoms. The summed E-state index contributed by atoms with van der Waals surface area (Å²) in [6.07, 6.45) is 3.94. The summed E-state index contributed by atoms with van der Waals surface area (Å²) in [5, 5.41) is 0. The predicted octanol–water partition coefficient (Wildman–Crippen LogP) is 4.47. The van der Waals surface area contributed by atoms with Crippen molar-refractivity contribution < 1.29 is 0 Å². The second-order valence-corrected chi connectivity index (χ2v) is 5.58. The lowest BCUT2D eigenvalue weighted by molar-refractivity contribution is 0.836. The average molecular weight is 264 g/mol. The molecule has 1 heterocycles. The van der Waals surface area contributed by atoms with Gasteiger partial charge in [0.2, 0.25) is 0 Å². The van der Waals surface area contributed by atoms with E-state index in [0.29, 0.717) is 5.92 Å². The molecule has 0 fully saturated rings. The van der Waals surface area contributed by atoms with Crippen molar-refractivity contribution in [2.24, 2.45) is 0 Å². The highest BCUT2D eigenvalue weighted by atomic mass is 14.9. The zero-order chi connectivity index (χ0) is 13.9. The van der Waals surface area contributed by atoms with Crippen LogP contribution in [0.3, 0.4) is 0 Å². The van der Waals surface area contributed by atoms with Gasteiger partial charge in [0.25, 0.3) is 0 Å². The van der Waals surface area contributed by atoms with Crippen LogP contribution < -0.4 is 0 Å². The first-order chi connectivity index (χ1) is 9.75. The third-order valence-corrected chi connectivity index (χ3v) is 3.82. The number of hydrogen-bond acceptors (Lipinski definition) is 1. The van der Waals surface area contributed by atoms with Crippen molar-refractivity contribution in [2.75, 3.05) is 0 Å². The van der Waals surface area contributed by atoms with E-state index in [4.69, 9.17) is 0 Å². The van der Waals surface area contributed by atoms with Crippen molar-refractivity contribution in [3.8, 4) is 0 Å². The molecule has 0 unspecified atom stereocenters. The Morgan fingerprint density at radius 1 is 1.00 bits per heavy atom. The molecule has 0 radical (unpaired) electrons. The molecule has 102 valence electrons. The van der Waals surface area contributed by atoms with Crippen LogP contribution in [-0.4, -0.2) is 9.97 Å². The lowest BCUT2D eigenvalue weighted by atomic mass is 9.92. The molecule has 0 atom stereocenters. The number of nitrogens with zero attached hydrogens (tertiary/aromatic N) is 1. The fourth-order valence-corrected chi connectivity index (χ4v) is 2.86. The Morgan fingerprint density at radius 2 is 1.80 bits per heavy atom. The number of H-pyrrole nitrogens is 1. The van der Waals surface area contributed by atoms with Crippen LogP contribution in [0.25, 0.3) is 11.0 Å². The summed E-state index contributed by atoms with van der Waals surface area (Å²) < 4.78 is 0. The smallest absolute Gasteiger partial charge is 0.0931 e. The van der Waals surface area contributed by atoms with Crippen molar-refractivity contribution >= 4 is 11.0 Å². The molecular weight excluding hydrogens is 244 g/mol. The zero-order valence-corrected chi connectivity index (χ0v) is 12.1. The topological polar surface area (TPSA) is 28.7 Å². The van der Waals surface area contributed by atoms with Crippen molar-refractivity contribution in [1.82, 2.24) is 9.97 Å². The number of nitrogens with one attached hydrogen (secondary N) is 1. The third-order valence-electron chi connectivity index (χ3n) is 3.82. The molecule has 0 saturated heterocycles. The fraction of sp³-hybridized carbons (Fsp3) is 0.278. The number of aromatic nitrogens is 2. The van der Waals surface area contributed by atoms with E-state index >= 15 is 0 Å². The van der Waals surface area contributed by atoms with Crippen LogP contribution in [0.1, 0.15) is 36.5 Å². The van der Waals surface area contributed by atoms with Crippen molar-refractivity contribution in [3.05, 3.63) is 65.5 Å². The van der Waals surface area contributed by atoms with E-state index in [1.165, 1.54) is 16.7 Å². The summed E-state index contributed by atoms with van der Waals surface area (Å²) in [5.74, 6) is 0.493. The minimum atomic E-state index is 0.493. The molecule has 3 rings (SSSR count). The highest BCUT2D eigenvalue weighted by molar-refractivity contribution is 5.80. The molecule has 0 amide bonds. The van der Waals surface area contributed by atoms with E-state index in [2.05, 4.69) is 66.3 Å². The van der Waals surface area contributed by atoms with Crippen LogP contribution in [0.5, 0.6) is 0 Å². The molecule has 0 aliphatic rings. The maximum atomic E-state index is 4.50. The van der Waals surface area contributed by atoms with Gasteiger partial charge in [-0.25, -0.2) is 4.98 Å². The monoisotopic (exact) mass is 264 g/mol. The van der Waals surface area contributed by atoms with Gasteiger partial charge in [-0.05, 0) is 41.5 Å². The van der Waals surface area contributed by atoms with Crippen LogP contribution in [0, 0.1) is 0 Å². The van der Waals surface area contributed by atoms with Gasteiger partial charge >= 0.3 is 0 Å². The molecule has 0 spiro atoms. The Kier molecular flexibility index (Phi) is 3.55. The number of aromatic amines is 1. The molecule has 1 aromatic heterocycles. The maximum Gasteiger partial charge on any atom is 0.0931 e.